The van der Waals surface area contributed by atoms with Gasteiger partial charge >= 0.3 is 5.97 Å². The van der Waals surface area contributed by atoms with Crippen molar-refractivity contribution in [1.82, 2.24) is 5.06 Å². The van der Waals surface area contributed by atoms with Gasteiger partial charge in [-0.2, -0.15) is 0 Å². The van der Waals surface area contributed by atoms with E-state index in [-0.39, 0.29) is 12.8 Å². The number of benzene rings is 1. The van der Waals surface area contributed by atoms with E-state index in [4.69, 9.17) is 4.84 Å². The molecular formula is C12H10INO4. The number of aryl methyl sites for hydroxylation is 1. The molecule has 1 aromatic rings. The van der Waals surface area contributed by atoms with Crippen LogP contribution in [0.15, 0.2) is 18.2 Å². The number of carbonyl (C=O) groups excluding carboxylic acids is 3. The fraction of sp³-hybridized carbons (Fsp3) is 0.250. The monoisotopic (exact) mass is 359 g/mol. The molecule has 1 aliphatic heterocycles. The predicted molar refractivity (Wildman–Crippen MR) is 70.4 cm³/mol. The quantitative estimate of drug-likeness (QED) is 0.597. The van der Waals surface area contributed by atoms with E-state index in [1.807, 2.05) is 35.6 Å². The van der Waals surface area contributed by atoms with E-state index < -0.39 is 17.8 Å². The highest BCUT2D eigenvalue weighted by Crippen LogP contribution is 2.18. The zero-order valence-electron chi connectivity index (χ0n) is 9.60. The molecule has 0 radical (unpaired) electrons. The first-order chi connectivity index (χ1) is 8.49. The van der Waals surface area contributed by atoms with Crippen LogP contribution in [0.3, 0.4) is 0 Å². The van der Waals surface area contributed by atoms with Gasteiger partial charge in [-0.3, -0.25) is 9.59 Å². The number of rotatable bonds is 2. The van der Waals surface area contributed by atoms with Crippen LogP contribution in [-0.2, 0) is 14.4 Å². The van der Waals surface area contributed by atoms with E-state index in [1.165, 1.54) is 0 Å². The molecule has 0 unspecified atom stereocenters. The first-order valence-corrected chi connectivity index (χ1v) is 6.41. The van der Waals surface area contributed by atoms with Crippen molar-refractivity contribution in [2.24, 2.45) is 0 Å². The standard InChI is InChI=1S/C12H10INO4/c1-7-2-3-8(9(13)6-7)12(17)18-14-10(15)4-5-11(14)16/h2-3,6H,4-5H2,1H3. The highest BCUT2D eigenvalue weighted by molar-refractivity contribution is 14.1. The van der Waals surface area contributed by atoms with Gasteiger partial charge in [-0.15, -0.1) is 5.06 Å². The Morgan fingerprint density at radius 1 is 1.28 bits per heavy atom. The lowest BCUT2D eigenvalue weighted by atomic mass is 10.1. The topological polar surface area (TPSA) is 63.7 Å². The summed E-state index contributed by atoms with van der Waals surface area (Å²) in [6.07, 6.45) is 0.189. The summed E-state index contributed by atoms with van der Waals surface area (Å²) in [5.74, 6) is -1.64. The molecule has 6 heteroatoms. The molecule has 1 fully saturated rings. The van der Waals surface area contributed by atoms with Crippen LogP contribution in [0.4, 0.5) is 0 Å². The number of hydrogen-bond acceptors (Lipinski definition) is 4. The predicted octanol–water partition coefficient (Wildman–Crippen LogP) is 1.82. The van der Waals surface area contributed by atoms with Crippen molar-refractivity contribution in [2.45, 2.75) is 19.8 Å². The van der Waals surface area contributed by atoms with Crippen molar-refractivity contribution in [3.8, 4) is 0 Å². The van der Waals surface area contributed by atoms with Crippen LogP contribution in [0.2, 0.25) is 0 Å². The molecule has 0 aromatic heterocycles. The summed E-state index contributed by atoms with van der Waals surface area (Å²) in [7, 11) is 0. The summed E-state index contributed by atoms with van der Waals surface area (Å²) < 4.78 is 0.719. The summed E-state index contributed by atoms with van der Waals surface area (Å²) in [5.41, 5.74) is 1.36. The van der Waals surface area contributed by atoms with Gasteiger partial charge in [-0.25, -0.2) is 4.79 Å². The maximum Gasteiger partial charge on any atom is 0.364 e. The maximum absolute atomic E-state index is 11.9. The van der Waals surface area contributed by atoms with E-state index in [0.29, 0.717) is 10.6 Å². The molecule has 18 heavy (non-hydrogen) atoms. The second-order valence-electron chi connectivity index (χ2n) is 3.94. The number of halogens is 1. The third-order valence-corrected chi connectivity index (χ3v) is 3.42. The molecule has 1 heterocycles. The molecule has 0 atom stereocenters. The Hall–Kier alpha value is -1.44. The summed E-state index contributed by atoms with van der Waals surface area (Å²) in [6.45, 7) is 1.91. The Balaban J connectivity index is 2.17. The Bertz CT molecular complexity index is 525. The molecule has 0 N–H and O–H groups in total. The third kappa shape index (κ3) is 2.53. The summed E-state index contributed by atoms with van der Waals surface area (Å²) in [5, 5.41) is 0.554. The van der Waals surface area contributed by atoms with Crippen molar-refractivity contribution in [3.63, 3.8) is 0 Å². The summed E-state index contributed by atoms with van der Waals surface area (Å²) >= 11 is 2.01. The van der Waals surface area contributed by atoms with Gasteiger partial charge in [0.15, 0.2) is 0 Å². The van der Waals surface area contributed by atoms with Crippen LogP contribution in [0.5, 0.6) is 0 Å². The third-order valence-electron chi connectivity index (χ3n) is 2.52. The first-order valence-electron chi connectivity index (χ1n) is 5.33. The molecule has 1 saturated heterocycles. The fourth-order valence-electron chi connectivity index (χ4n) is 1.58. The molecule has 1 aromatic carbocycles. The molecule has 94 valence electrons. The van der Waals surface area contributed by atoms with Gasteiger partial charge in [0, 0.05) is 16.4 Å². The van der Waals surface area contributed by atoms with Gasteiger partial charge in [-0.1, -0.05) is 11.6 Å². The van der Waals surface area contributed by atoms with Crippen LogP contribution < -0.4 is 0 Å². The molecule has 0 aliphatic carbocycles. The molecule has 0 spiro atoms. The Kier molecular flexibility index (Phi) is 3.65. The normalized spacial score (nSPS) is 15.1. The number of imide groups is 1. The molecule has 0 saturated carbocycles. The minimum atomic E-state index is -0.692. The van der Waals surface area contributed by atoms with Crippen molar-refractivity contribution >= 4 is 40.4 Å². The van der Waals surface area contributed by atoms with Gasteiger partial charge in [0.05, 0.1) is 5.56 Å². The molecule has 2 rings (SSSR count). The van der Waals surface area contributed by atoms with E-state index in [9.17, 15) is 14.4 Å². The van der Waals surface area contributed by atoms with Crippen molar-refractivity contribution < 1.29 is 19.2 Å². The Morgan fingerprint density at radius 2 is 1.89 bits per heavy atom. The van der Waals surface area contributed by atoms with Gasteiger partial charge < -0.3 is 4.84 Å². The smallest absolute Gasteiger partial charge is 0.325 e. The SMILES string of the molecule is Cc1ccc(C(=O)ON2C(=O)CCC2=O)c(I)c1. The minimum absolute atomic E-state index is 0.0943. The van der Waals surface area contributed by atoms with Gasteiger partial charge in [0.25, 0.3) is 11.8 Å². The van der Waals surface area contributed by atoms with E-state index >= 15 is 0 Å². The minimum Gasteiger partial charge on any atom is -0.325 e. The van der Waals surface area contributed by atoms with E-state index in [0.717, 1.165) is 9.13 Å². The van der Waals surface area contributed by atoms with Crippen LogP contribution in [0.1, 0.15) is 28.8 Å². The number of hydrogen-bond donors (Lipinski definition) is 0. The highest BCUT2D eigenvalue weighted by atomic mass is 127. The lowest BCUT2D eigenvalue weighted by Crippen LogP contribution is -2.32. The Morgan fingerprint density at radius 3 is 2.44 bits per heavy atom. The molecule has 5 nitrogen and oxygen atoms in total. The lowest BCUT2D eigenvalue weighted by Gasteiger charge is -2.13. The molecule has 1 aliphatic rings. The van der Waals surface area contributed by atoms with Crippen LogP contribution in [-0.4, -0.2) is 22.8 Å². The summed E-state index contributed by atoms with van der Waals surface area (Å²) in [4.78, 5) is 39.3. The van der Waals surface area contributed by atoms with Gasteiger partial charge in [-0.05, 0) is 41.6 Å². The molecular weight excluding hydrogens is 349 g/mol. The van der Waals surface area contributed by atoms with Gasteiger partial charge in [0.1, 0.15) is 0 Å². The van der Waals surface area contributed by atoms with Crippen LogP contribution >= 0.6 is 22.6 Å². The number of carbonyl (C=O) groups is 3. The second-order valence-corrected chi connectivity index (χ2v) is 5.11. The molecule has 2 amide bonds. The van der Waals surface area contributed by atoms with Crippen molar-refractivity contribution in [1.29, 1.82) is 0 Å². The zero-order chi connectivity index (χ0) is 13.3. The lowest BCUT2D eigenvalue weighted by molar-refractivity contribution is -0.172. The largest absolute Gasteiger partial charge is 0.364 e. The average molecular weight is 359 g/mol. The average Bonchev–Trinajstić information content (AvgIpc) is 2.60. The van der Waals surface area contributed by atoms with Crippen molar-refractivity contribution in [2.75, 3.05) is 0 Å². The zero-order valence-corrected chi connectivity index (χ0v) is 11.8. The number of amides is 2. The van der Waals surface area contributed by atoms with Crippen LogP contribution in [0, 0.1) is 10.5 Å². The maximum atomic E-state index is 11.9. The summed E-state index contributed by atoms with van der Waals surface area (Å²) in [6, 6.07) is 5.21. The number of nitrogens with zero attached hydrogens (tertiary/aromatic N) is 1. The Labute approximate surface area is 117 Å². The van der Waals surface area contributed by atoms with Gasteiger partial charge in [0.2, 0.25) is 0 Å². The van der Waals surface area contributed by atoms with E-state index in [1.54, 1.807) is 12.1 Å². The number of hydroxylamine groups is 2. The van der Waals surface area contributed by atoms with Crippen LogP contribution in [0.25, 0.3) is 0 Å². The molecule has 0 bridgehead atoms. The second kappa shape index (κ2) is 5.05. The van der Waals surface area contributed by atoms with Crippen molar-refractivity contribution in [3.05, 3.63) is 32.9 Å². The first kappa shape index (κ1) is 13.0. The fourth-order valence-corrected chi connectivity index (χ4v) is 2.47. The van der Waals surface area contributed by atoms with E-state index in [2.05, 4.69) is 0 Å². The highest BCUT2D eigenvalue weighted by Gasteiger charge is 2.33.